The Hall–Kier alpha value is -7.70. The number of hydrogen-bond acceptors (Lipinski definition) is 5. The van der Waals surface area contributed by atoms with E-state index in [-0.39, 0.29) is 0 Å². The van der Waals surface area contributed by atoms with Crippen molar-refractivity contribution >= 4 is 43.9 Å². The largest absolute Gasteiger partial charge is 0.456 e. The molecule has 6 nitrogen and oxygen atoms in total. The van der Waals surface area contributed by atoms with Gasteiger partial charge in [0.15, 0.2) is 17.5 Å². The Morgan fingerprint density at radius 2 is 0.946 bits per heavy atom. The fourth-order valence-electron chi connectivity index (χ4n) is 7.85. The zero-order chi connectivity index (χ0) is 37.0. The van der Waals surface area contributed by atoms with Crippen LogP contribution in [0.25, 0.3) is 106 Å². The molecule has 0 amide bonds. The number of furan rings is 1. The number of pyridine rings is 1. The Labute approximate surface area is 322 Å². The van der Waals surface area contributed by atoms with Gasteiger partial charge in [0.1, 0.15) is 16.8 Å². The molecule has 0 aliphatic carbocycles. The second-order valence-electron chi connectivity index (χ2n) is 13.9. The molecule has 0 saturated carbocycles. The maximum absolute atomic E-state index is 6.63. The van der Waals surface area contributed by atoms with Crippen LogP contribution in [-0.2, 0) is 0 Å². The van der Waals surface area contributed by atoms with Gasteiger partial charge in [-0.05, 0) is 64.7 Å². The molecule has 6 heteroatoms. The summed E-state index contributed by atoms with van der Waals surface area (Å²) in [6.45, 7) is 0. The van der Waals surface area contributed by atoms with Crippen LogP contribution in [0.5, 0.6) is 0 Å². The van der Waals surface area contributed by atoms with Crippen molar-refractivity contribution in [1.29, 1.82) is 0 Å². The van der Waals surface area contributed by atoms with Crippen molar-refractivity contribution < 1.29 is 4.42 Å². The van der Waals surface area contributed by atoms with E-state index in [1.807, 2.05) is 36.5 Å². The molecule has 11 rings (SSSR count). The second kappa shape index (κ2) is 13.0. The van der Waals surface area contributed by atoms with E-state index in [1.54, 1.807) is 0 Å². The Morgan fingerprint density at radius 3 is 1.75 bits per heavy atom. The highest BCUT2D eigenvalue weighted by Gasteiger charge is 2.18. The summed E-state index contributed by atoms with van der Waals surface area (Å²) >= 11 is 0. The first-order valence-electron chi connectivity index (χ1n) is 18.6. The van der Waals surface area contributed by atoms with E-state index in [9.17, 15) is 0 Å². The lowest BCUT2D eigenvalue weighted by Crippen LogP contribution is -2.01. The van der Waals surface area contributed by atoms with Crippen molar-refractivity contribution in [2.45, 2.75) is 0 Å². The van der Waals surface area contributed by atoms with Crippen molar-refractivity contribution in [3.8, 4) is 62.1 Å². The average Bonchev–Trinajstić information content (AvgIpc) is 3.82. The molecule has 0 spiro atoms. The predicted molar refractivity (Wildman–Crippen MR) is 226 cm³/mol. The van der Waals surface area contributed by atoms with Crippen molar-refractivity contribution in [1.82, 2.24) is 24.5 Å². The standard InChI is InChI=1S/C50H31N5O/c1-3-12-32(13-4-1)33-21-23-35(24-22-33)47-52-48(54-49(53-47)42-18-8-7-16-38(42)34-14-5-2-6-15-34)36-25-27-40-41-28-26-37(31-46(41)56-45(40)30-36)55-44-20-10-9-17-39(44)43-19-11-29-51-50(43)55/h1-31H. The van der Waals surface area contributed by atoms with Crippen molar-refractivity contribution in [3.05, 3.63) is 188 Å². The molecule has 0 unspecified atom stereocenters. The number of nitrogens with zero attached hydrogens (tertiary/aromatic N) is 5. The minimum atomic E-state index is 0.569. The first-order valence-corrected chi connectivity index (χ1v) is 18.6. The van der Waals surface area contributed by atoms with E-state index in [1.165, 1.54) is 5.39 Å². The molecular formula is C50H31N5O. The third kappa shape index (κ3) is 5.35. The summed E-state index contributed by atoms with van der Waals surface area (Å²) in [4.78, 5) is 20.1. The molecule has 0 fully saturated rings. The van der Waals surface area contributed by atoms with Crippen molar-refractivity contribution in [2.24, 2.45) is 0 Å². The molecule has 0 atom stereocenters. The topological polar surface area (TPSA) is 69.6 Å². The Balaban J connectivity index is 1.05. The molecule has 4 aromatic heterocycles. The van der Waals surface area contributed by atoms with Gasteiger partial charge in [0.05, 0.1) is 11.2 Å². The van der Waals surface area contributed by atoms with Crippen LogP contribution in [0, 0.1) is 0 Å². The molecule has 0 radical (unpaired) electrons. The van der Waals surface area contributed by atoms with Crippen LogP contribution in [-0.4, -0.2) is 24.5 Å². The third-order valence-corrected chi connectivity index (χ3v) is 10.5. The fraction of sp³-hybridized carbons (Fsp3) is 0. The van der Waals surface area contributed by atoms with Gasteiger partial charge < -0.3 is 4.42 Å². The summed E-state index contributed by atoms with van der Waals surface area (Å²) in [7, 11) is 0. The average molecular weight is 718 g/mol. The highest BCUT2D eigenvalue weighted by Crippen LogP contribution is 2.37. The quantitative estimate of drug-likeness (QED) is 0.171. The summed E-state index contributed by atoms with van der Waals surface area (Å²) in [5.74, 6) is 1.77. The van der Waals surface area contributed by atoms with E-state index in [2.05, 4.69) is 156 Å². The highest BCUT2D eigenvalue weighted by molar-refractivity contribution is 6.09. The molecule has 0 aliphatic rings. The molecule has 11 aromatic rings. The first kappa shape index (κ1) is 31.8. The molecule has 4 heterocycles. The Morgan fingerprint density at radius 1 is 0.375 bits per heavy atom. The van der Waals surface area contributed by atoms with Crippen molar-refractivity contribution in [3.63, 3.8) is 0 Å². The number of para-hydroxylation sites is 1. The van der Waals surface area contributed by atoms with E-state index in [0.717, 1.165) is 83.1 Å². The van der Waals surface area contributed by atoms with Gasteiger partial charge in [-0.25, -0.2) is 19.9 Å². The Kier molecular flexibility index (Phi) is 7.38. The summed E-state index contributed by atoms with van der Waals surface area (Å²) < 4.78 is 8.84. The molecular weight excluding hydrogens is 687 g/mol. The smallest absolute Gasteiger partial charge is 0.164 e. The van der Waals surface area contributed by atoms with Gasteiger partial charge >= 0.3 is 0 Å². The summed E-state index contributed by atoms with van der Waals surface area (Å²) in [6, 6.07) is 62.6. The third-order valence-electron chi connectivity index (χ3n) is 10.5. The van der Waals surface area contributed by atoms with Crippen molar-refractivity contribution in [2.75, 3.05) is 0 Å². The van der Waals surface area contributed by atoms with E-state index in [4.69, 9.17) is 24.4 Å². The van der Waals surface area contributed by atoms with Gasteiger partial charge in [0, 0.05) is 50.5 Å². The van der Waals surface area contributed by atoms with Crippen LogP contribution in [0.4, 0.5) is 0 Å². The van der Waals surface area contributed by atoms with Crippen LogP contribution in [0.2, 0.25) is 0 Å². The Bertz CT molecular complexity index is 3190. The first-order chi connectivity index (χ1) is 27.7. The van der Waals surface area contributed by atoms with E-state index >= 15 is 0 Å². The lowest BCUT2D eigenvalue weighted by molar-refractivity contribution is 0.668. The number of hydrogen-bond donors (Lipinski definition) is 0. The highest BCUT2D eigenvalue weighted by atomic mass is 16.3. The molecule has 7 aromatic carbocycles. The molecule has 0 aliphatic heterocycles. The van der Waals surface area contributed by atoms with Crippen LogP contribution in [0.3, 0.4) is 0 Å². The lowest BCUT2D eigenvalue weighted by Gasteiger charge is -2.12. The number of rotatable bonds is 6. The SMILES string of the molecule is c1ccc(-c2ccc(-c3nc(-c4ccc5c(c4)oc4cc(-n6c7ccccc7c7cccnc76)ccc45)nc(-c4ccccc4-c4ccccc4)n3)cc2)cc1. The molecule has 262 valence electrons. The minimum Gasteiger partial charge on any atom is -0.456 e. The zero-order valence-corrected chi connectivity index (χ0v) is 30.0. The molecule has 0 N–H and O–H groups in total. The lowest BCUT2D eigenvalue weighted by atomic mass is 9.99. The van der Waals surface area contributed by atoms with Gasteiger partial charge in [-0.1, -0.05) is 133 Å². The second-order valence-corrected chi connectivity index (χ2v) is 13.9. The van der Waals surface area contributed by atoms with Gasteiger partial charge in [0.25, 0.3) is 0 Å². The van der Waals surface area contributed by atoms with Gasteiger partial charge in [0.2, 0.25) is 0 Å². The van der Waals surface area contributed by atoms with E-state index in [0.29, 0.717) is 17.5 Å². The summed E-state index contributed by atoms with van der Waals surface area (Å²) in [5, 5.41) is 4.35. The van der Waals surface area contributed by atoms with Gasteiger partial charge in [-0.2, -0.15) is 0 Å². The van der Waals surface area contributed by atoms with Crippen LogP contribution in [0.15, 0.2) is 193 Å². The van der Waals surface area contributed by atoms with Crippen LogP contribution in [0.1, 0.15) is 0 Å². The maximum Gasteiger partial charge on any atom is 0.164 e. The minimum absolute atomic E-state index is 0.569. The fourth-order valence-corrected chi connectivity index (χ4v) is 7.85. The molecule has 0 bridgehead atoms. The number of benzene rings is 7. The summed E-state index contributed by atoms with van der Waals surface area (Å²) in [6.07, 6.45) is 1.84. The molecule has 56 heavy (non-hydrogen) atoms. The monoisotopic (exact) mass is 717 g/mol. The van der Waals surface area contributed by atoms with Gasteiger partial charge in [-0.3, -0.25) is 4.57 Å². The van der Waals surface area contributed by atoms with Crippen LogP contribution < -0.4 is 0 Å². The molecule has 0 saturated heterocycles. The van der Waals surface area contributed by atoms with E-state index < -0.39 is 0 Å². The predicted octanol–water partition coefficient (Wildman–Crippen LogP) is 12.6. The van der Waals surface area contributed by atoms with Gasteiger partial charge in [-0.15, -0.1) is 0 Å². The number of fused-ring (bicyclic) bond motifs is 6. The number of aromatic nitrogens is 5. The van der Waals surface area contributed by atoms with Crippen LogP contribution >= 0.6 is 0 Å². The zero-order valence-electron chi connectivity index (χ0n) is 30.0. The maximum atomic E-state index is 6.63. The summed E-state index contributed by atoms with van der Waals surface area (Å²) in [5.41, 5.74) is 11.7. The normalized spacial score (nSPS) is 11.6.